The van der Waals surface area contributed by atoms with Crippen LogP contribution in [0.2, 0.25) is 4.34 Å². The van der Waals surface area contributed by atoms with Gasteiger partial charge in [-0.2, -0.15) is 0 Å². The van der Waals surface area contributed by atoms with Gasteiger partial charge in [-0.15, -0.1) is 11.3 Å². The van der Waals surface area contributed by atoms with E-state index in [1.165, 1.54) is 33.3 Å². The summed E-state index contributed by atoms with van der Waals surface area (Å²) < 4.78 is 24.6. The van der Waals surface area contributed by atoms with Crippen molar-refractivity contribution in [3.8, 4) is 0 Å². The topological polar surface area (TPSA) is 88.2 Å². The Hall–Kier alpha value is -2.69. The van der Waals surface area contributed by atoms with Crippen LogP contribution in [0, 0.1) is 5.82 Å². The molecular formula is C19H19ClFN3O5S. The fourth-order valence-electron chi connectivity index (χ4n) is 2.85. The number of carbonyl (C=O) groups excluding carboxylic acids is 3. The molecule has 0 unspecified atom stereocenters. The number of halogens is 2. The first-order chi connectivity index (χ1) is 14.4. The van der Waals surface area contributed by atoms with Gasteiger partial charge in [-0.25, -0.2) is 9.18 Å². The van der Waals surface area contributed by atoms with Crippen LogP contribution in [0.5, 0.6) is 0 Å². The lowest BCUT2D eigenvalue weighted by molar-refractivity contribution is -0.125. The van der Waals surface area contributed by atoms with Gasteiger partial charge < -0.3 is 19.7 Å². The minimum absolute atomic E-state index is 0.00181. The Morgan fingerprint density at radius 3 is 2.50 bits per heavy atom. The molecule has 2 fully saturated rings. The lowest BCUT2D eigenvalue weighted by atomic mass is 10.2. The predicted octanol–water partition coefficient (Wildman–Crippen LogP) is 2.91. The maximum atomic E-state index is 14.1. The van der Waals surface area contributed by atoms with Gasteiger partial charge in [-0.05, 0) is 30.3 Å². The van der Waals surface area contributed by atoms with E-state index in [0.717, 1.165) is 0 Å². The van der Waals surface area contributed by atoms with Gasteiger partial charge in [-0.3, -0.25) is 14.5 Å². The highest BCUT2D eigenvalue weighted by Gasteiger charge is 2.27. The van der Waals surface area contributed by atoms with Gasteiger partial charge in [-0.1, -0.05) is 11.6 Å². The third-order valence-corrected chi connectivity index (χ3v) is 5.53. The zero-order valence-electron chi connectivity index (χ0n) is 16.0. The number of ether oxygens (including phenoxy) is 2. The Labute approximate surface area is 181 Å². The second-order valence-corrected chi connectivity index (χ2v) is 7.90. The second-order valence-electron chi connectivity index (χ2n) is 6.18. The van der Waals surface area contributed by atoms with Gasteiger partial charge >= 0.3 is 6.09 Å². The normalized spacial score (nSPS) is 16.1. The Morgan fingerprint density at radius 1 is 1.17 bits per heavy atom. The number of benzene rings is 1. The molecule has 0 aliphatic carbocycles. The number of carbonyl (C=O) groups is 3. The summed E-state index contributed by atoms with van der Waals surface area (Å²) in [6.45, 7) is 1.40. The first-order valence-corrected chi connectivity index (χ1v) is 10.2. The van der Waals surface area contributed by atoms with Crippen LogP contribution in [0.4, 0.5) is 20.6 Å². The van der Waals surface area contributed by atoms with E-state index in [-0.39, 0.29) is 30.7 Å². The molecule has 0 radical (unpaired) electrons. The molecule has 0 bridgehead atoms. The molecule has 2 aliphatic heterocycles. The lowest BCUT2D eigenvalue weighted by Gasteiger charge is -2.27. The third kappa shape index (κ3) is 5.07. The van der Waals surface area contributed by atoms with Crippen molar-refractivity contribution < 1.29 is 28.2 Å². The molecule has 1 aromatic carbocycles. The van der Waals surface area contributed by atoms with Crippen LogP contribution in [0.1, 0.15) is 9.67 Å². The number of nitrogens with zero attached hydrogens (tertiary/aromatic N) is 2. The number of thiophene rings is 1. The minimum atomic E-state index is -0.556. The summed E-state index contributed by atoms with van der Waals surface area (Å²) in [7, 11) is 1.59. The molecule has 0 saturated carbocycles. The number of morpholine rings is 1. The quantitative estimate of drug-likeness (QED) is 0.768. The summed E-state index contributed by atoms with van der Waals surface area (Å²) in [5.74, 6) is -0.846. The van der Waals surface area contributed by atoms with E-state index in [2.05, 4.69) is 5.32 Å². The van der Waals surface area contributed by atoms with Crippen molar-refractivity contribution in [1.82, 2.24) is 5.32 Å². The lowest BCUT2D eigenvalue weighted by Crippen LogP contribution is -2.41. The molecule has 160 valence electrons. The standard InChI is InChI=1S/C13H13FN2O4.C6H6ClNOS/c14-10-7-9(15-3-5-19-8-12(15)17)1-2-11(10)16-4-6-20-13(16)18;1-8-6(9)4-2-3-5(7)10-4/h1-2,7H,3-6,8H2;2-3H,1H3,(H,8,9). The van der Waals surface area contributed by atoms with Gasteiger partial charge in [0.2, 0.25) is 0 Å². The number of hydrogen-bond donors (Lipinski definition) is 1. The molecule has 0 spiro atoms. The maximum Gasteiger partial charge on any atom is 0.414 e. The van der Waals surface area contributed by atoms with Crippen molar-refractivity contribution in [2.24, 2.45) is 0 Å². The third-order valence-electron chi connectivity index (χ3n) is 4.30. The first kappa shape index (κ1) is 22.0. The van der Waals surface area contributed by atoms with Gasteiger partial charge in [0.05, 0.1) is 28.1 Å². The number of amides is 3. The van der Waals surface area contributed by atoms with Crippen LogP contribution in [0.15, 0.2) is 30.3 Å². The molecule has 1 N–H and O–H groups in total. The zero-order valence-corrected chi connectivity index (χ0v) is 17.6. The number of rotatable bonds is 3. The van der Waals surface area contributed by atoms with Gasteiger partial charge in [0, 0.05) is 19.3 Å². The molecule has 2 saturated heterocycles. The van der Waals surface area contributed by atoms with E-state index in [1.54, 1.807) is 25.2 Å². The number of cyclic esters (lactones) is 1. The van der Waals surface area contributed by atoms with E-state index in [0.29, 0.717) is 34.6 Å². The van der Waals surface area contributed by atoms with Crippen molar-refractivity contribution in [3.63, 3.8) is 0 Å². The predicted molar refractivity (Wildman–Crippen MR) is 111 cm³/mol. The van der Waals surface area contributed by atoms with Crippen molar-refractivity contribution in [2.45, 2.75) is 0 Å². The Kier molecular flexibility index (Phi) is 7.24. The largest absolute Gasteiger partial charge is 0.447 e. The summed E-state index contributed by atoms with van der Waals surface area (Å²) in [6, 6.07) is 7.76. The highest BCUT2D eigenvalue weighted by Crippen LogP contribution is 2.27. The van der Waals surface area contributed by atoms with Crippen LogP contribution >= 0.6 is 22.9 Å². The summed E-state index contributed by atoms with van der Waals surface area (Å²) >= 11 is 6.87. The Bertz CT molecular complexity index is 954. The van der Waals surface area contributed by atoms with E-state index in [1.807, 2.05) is 0 Å². The molecular weight excluding hydrogens is 437 g/mol. The minimum Gasteiger partial charge on any atom is -0.447 e. The number of nitrogens with one attached hydrogen (secondary N) is 1. The maximum absolute atomic E-state index is 14.1. The second kappa shape index (κ2) is 9.88. The number of hydrogen-bond acceptors (Lipinski definition) is 6. The smallest absolute Gasteiger partial charge is 0.414 e. The molecule has 2 aromatic rings. The van der Waals surface area contributed by atoms with Crippen LogP contribution < -0.4 is 15.1 Å². The van der Waals surface area contributed by atoms with Crippen LogP contribution in [0.25, 0.3) is 0 Å². The van der Waals surface area contributed by atoms with Gasteiger partial charge in [0.1, 0.15) is 19.0 Å². The number of anilines is 2. The van der Waals surface area contributed by atoms with Gasteiger partial charge in [0.15, 0.2) is 0 Å². The zero-order chi connectivity index (χ0) is 21.7. The van der Waals surface area contributed by atoms with Gasteiger partial charge in [0.25, 0.3) is 11.8 Å². The highest BCUT2D eigenvalue weighted by molar-refractivity contribution is 7.17. The molecule has 11 heteroatoms. The summed E-state index contributed by atoms with van der Waals surface area (Å²) in [6.07, 6.45) is -0.556. The summed E-state index contributed by atoms with van der Waals surface area (Å²) in [5, 5.41) is 2.51. The molecule has 0 atom stereocenters. The molecule has 4 rings (SSSR count). The average molecular weight is 456 g/mol. The van der Waals surface area contributed by atoms with Crippen molar-refractivity contribution in [2.75, 3.05) is 49.8 Å². The average Bonchev–Trinajstić information content (AvgIpc) is 3.36. The van der Waals surface area contributed by atoms with E-state index < -0.39 is 11.9 Å². The van der Waals surface area contributed by atoms with Crippen molar-refractivity contribution in [3.05, 3.63) is 45.4 Å². The van der Waals surface area contributed by atoms with Crippen molar-refractivity contribution in [1.29, 1.82) is 0 Å². The summed E-state index contributed by atoms with van der Waals surface area (Å²) in [5.41, 5.74) is 0.629. The molecule has 1 aromatic heterocycles. The fraction of sp³-hybridized carbons (Fsp3) is 0.316. The molecule has 2 aliphatic rings. The molecule has 30 heavy (non-hydrogen) atoms. The van der Waals surface area contributed by atoms with Crippen LogP contribution in [-0.4, -0.2) is 57.9 Å². The van der Waals surface area contributed by atoms with E-state index in [9.17, 15) is 18.8 Å². The van der Waals surface area contributed by atoms with Crippen LogP contribution in [0.3, 0.4) is 0 Å². The van der Waals surface area contributed by atoms with E-state index in [4.69, 9.17) is 21.1 Å². The Balaban J connectivity index is 0.000000216. The van der Waals surface area contributed by atoms with E-state index >= 15 is 0 Å². The Morgan fingerprint density at radius 2 is 1.93 bits per heavy atom. The van der Waals surface area contributed by atoms with Crippen molar-refractivity contribution >= 4 is 52.2 Å². The highest BCUT2D eigenvalue weighted by atomic mass is 35.5. The molecule has 3 heterocycles. The SMILES string of the molecule is CNC(=O)c1ccc(Cl)s1.O=C1COCCN1c1ccc(N2CCOC2=O)c(F)c1. The van der Waals surface area contributed by atoms with Crippen LogP contribution in [-0.2, 0) is 14.3 Å². The monoisotopic (exact) mass is 455 g/mol. The molecule has 3 amide bonds. The first-order valence-electron chi connectivity index (χ1n) is 9.00. The molecule has 8 nitrogen and oxygen atoms in total. The fourth-order valence-corrected chi connectivity index (χ4v) is 3.83. The summed E-state index contributed by atoms with van der Waals surface area (Å²) in [4.78, 5) is 37.3.